The Hall–Kier alpha value is -0.900. The average molecular weight is 265 g/mol. The van der Waals surface area contributed by atoms with Crippen molar-refractivity contribution in [2.75, 3.05) is 6.54 Å². The highest BCUT2D eigenvalue weighted by Crippen LogP contribution is 2.36. The van der Waals surface area contributed by atoms with Gasteiger partial charge < -0.3 is 9.84 Å². The molecule has 0 radical (unpaired) electrons. The molecule has 0 unspecified atom stereocenters. The molecule has 1 saturated carbocycles. The van der Waals surface area contributed by atoms with Gasteiger partial charge in [-0.3, -0.25) is 0 Å². The molecule has 0 aromatic carbocycles. The van der Waals surface area contributed by atoms with Crippen molar-refractivity contribution >= 4 is 0 Å². The van der Waals surface area contributed by atoms with E-state index in [4.69, 9.17) is 4.52 Å². The van der Waals surface area contributed by atoms with Gasteiger partial charge in [0, 0.05) is 5.92 Å². The van der Waals surface area contributed by atoms with E-state index >= 15 is 0 Å². The first-order valence-electron chi connectivity index (χ1n) is 7.86. The molecule has 1 aromatic rings. The predicted molar refractivity (Wildman–Crippen MR) is 75.9 cm³/mol. The molecule has 2 rings (SSSR count). The first-order chi connectivity index (χ1) is 9.33. The van der Waals surface area contributed by atoms with Gasteiger partial charge in [0.15, 0.2) is 5.82 Å². The SMILES string of the molecule is CCCCC1CCC(c2nc(CNCC)no2)CC1. The summed E-state index contributed by atoms with van der Waals surface area (Å²) < 4.78 is 5.42. The van der Waals surface area contributed by atoms with Gasteiger partial charge in [-0.25, -0.2) is 0 Å². The molecule has 1 aliphatic rings. The van der Waals surface area contributed by atoms with E-state index in [1.807, 2.05) is 0 Å². The van der Waals surface area contributed by atoms with Gasteiger partial charge in [0.2, 0.25) is 5.89 Å². The van der Waals surface area contributed by atoms with Crippen molar-refractivity contribution in [3.8, 4) is 0 Å². The van der Waals surface area contributed by atoms with E-state index in [1.165, 1.54) is 44.9 Å². The molecule has 1 aromatic heterocycles. The third-order valence-electron chi connectivity index (χ3n) is 4.18. The van der Waals surface area contributed by atoms with Crippen molar-refractivity contribution in [1.82, 2.24) is 15.5 Å². The van der Waals surface area contributed by atoms with Crippen LogP contribution in [-0.4, -0.2) is 16.7 Å². The summed E-state index contributed by atoms with van der Waals surface area (Å²) in [5.41, 5.74) is 0. The standard InChI is InChI=1S/C15H27N3O/c1-3-5-6-12-7-9-13(10-8-12)15-17-14(18-19-15)11-16-4-2/h12-13,16H,3-11H2,1-2H3. The monoisotopic (exact) mass is 265 g/mol. The van der Waals surface area contributed by atoms with Gasteiger partial charge in [0.1, 0.15) is 0 Å². The molecule has 108 valence electrons. The summed E-state index contributed by atoms with van der Waals surface area (Å²) in [6.07, 6.45) is 9.19. The van der Waals surface area contributed by atoms with E-state index in [2.05, 4.69) is 29.3 Å². The molecule has 1 N–H and O–H groups in total. The predicted octanol–water partition coefficient (Wildman–Crippen LogP) is 3.64. The van der Waals surface area contributed by atoms with E-state index in [9.17, 15) is 0 Å². The lowest BCUT2D eigenvalue weighted by atomic mass is 9.80. The topological polar surface area (TPSA) is 51.0 Å². The highest BCUT2D eigenvalue weighted by molar-refractivity contribution is 4.96. The maximum atomic E-state index is 5.42. The molecule has 1 fully saturated rings. The Morgan fingerprint density at radius 1 is 1.21 bits per heavy atom. The minimum absolute atomic E-state index is 0.501. The van der Waals surface area contributed by atoms with Crippen LogP contribution < -0.4 is 5.32 Å². The minimum atomic E-state index is 0.501. The first kappa shape index (κ1) is 14.5. The number of nitrogens with one attached hydrogen (secondary N) is 1. The summed E-state index contributed by atoms with van der Waals surface area (Å²) in [4.78, 5) is 4.52. The number of hydrogen-bond donors (Lipinski definition) is 1. The largest absolute Gasteiger partial charge is 0.339 e. The molecular formula is C15H27N3O. The lowest BCUT2D eigenvalue weighted by molar-refractivity contribution is 0.260. The molecule has 0 saturated heterocycles. The molecule has 0 aliphatic heterocycles. The third kappa shape index (κ3) is 4.30. The van der Waals surface area contributed by atoms with Crippen molar-refractivity contribution < 1.29 is 4.52 Å². The molecule has 0 bridgehead atoms. The zero-order valence-electron chi connectivity index (χ0n) is 12.3. The average Bonchev–Trinajstić information content (AvgIpc) is 2.92. The molecule has 4 nitrogen and oxygen atoms in total. The second kappa shape index (κ2) is 7.63. The normalized spacial score (nSPS) is 23.7. The molecule has 0 atom stereocenters. The fraction of sp³-hybridized carbons (Fsp3) is 0.867. The van der Waals surface area contributed by atoms with Gasteiger partial charge in [-0.15, -0.1) is 0 Å². The van der Waals surface area contributed by atoms with Crippen LogP contribution in [0.2, 0.25) is 0 Å². The molecule has 1 aliphatic carbocycles. The van der Waals surface area contributed by atoms with Crippen LogP contribution in [0, 0.1) is 5.92 Å². The summed E-state index contributed by atoms with van der Waals surface area (Å²) in [6.45, 7) is 6.01. The number of nitrogens with zero attached hydrogens (tertiary/aromatic N) is 2. The Bertz CT molecular complexity index is 356. The van der Waals surface area contributed by atoms with Crippen molar-refractivity contribution in [3.63, 3.8) is 0 Å². The number of rotatable bonds is 7. The Labute approximate surface area is 116 Å². The van der Waals surface area contributed by atoms with Crippen molar-refractivity contribution in [1.29, 1.82) is 0 Å². The smallest absolute Gasteiger partial charge is 0.229 e. The van der Waals surface area contributed by atoms with Gasteiger partial charge in [0.05, 0.1) is 6.54 Å². The van der Waals surface area contributed by atoms with E-state index in [0.717, 1.165) is 24.2 Å². The fourth-order valence-corrected chi connectivity index (χ4v) is 2.93. The Morgan fingerprint density at radius 3 is 2.68 bits per heavy atom. The third-order valence-corrected chi connectivity index (χ3v) is 4.18. The Morgan fingerprint density at radius 2 is 2.00 bits per heavy atom. The Kier molecular flexibility index (Phi) is 5.83. The van der Waals surface area contributed by atoms with Crippen LogP contribution in [0.15, 0.2) is 4.52 Å². The highest BCUT2D eigenvalue weighted by atomic mass is 16.5. The number of aromatic nitrogens is 2. The zero-order valence-corrected chi connectivity index (χ0v) is 12.3. The highest BCUT2D eigenvalue weighted by Gasteiger charge is 2.25. The molecule has 1 heterocycles. The molecule has 4 heteroatoms. The van der Waals surface area contributed by atoms with Crippen LogP contribution in [0.5, 0.6) is 0 Å². The second-order valence-electron chi connectivity index (χ2n) is 5.69. The summed E-state index contributed by atoms with van der Waals surface area (Å²) in [5.74, 6) is 3.09. The van der Waals surface area contributed by atoms with Crippen LogP contribution in [0.3, 0.4) is 0 Å². The van der Waals surface area contributed by atoms with Crippen molar-refractivity contribution in [2.45, 2.75) is 71.3 Å². The van der Waals surface area contributed by atoms with Crippen LogP contribution >= 0.6 is 0 Å². The summed E-state index contributed by atoms with van der Waals surface area (Å²) in [6, 6.07) is 0. The van der Waals surface area contributed by atoms with Gasteiger partial charge in [-0.1, -0.05) is 38.3 Å². The van der Waals surface area contributed by atoms with Crippen LogP contribution in [0.4, 0.5) is 0 Å². The first-order valence-corrected chi connectivity index (χ1v) is 7.86. The summed E-state index contributed by atoms with van der Waals surface area (Å²) >= 11 is 0. The Balaban J connectivity index is 1.78. The molecule has 19 heavy (non-hydrogen) atoms. The minimum Gasteiger partial charge on any atom is -0.339 e. The van der Waals surface area contributed by atoms with E-state index < -0.39 is 0 Å². The number of unbranched alkanes of at least 4 members (excludes halogenated alkanes) is 1. The quantitative estimate of drug-likeness (QED) is 0.817. The fourth-order valence-electron chi connectivity index (χ4n) is 2.93. The second-order valence-corrected chi connectivity index (χ2v) is 5.69. The lowest BCUT2D eigenvalue weighted by Crippen LogP contribution is -2.14. The molecular weight excluding hydrogens is 238 g/mol. The van der Waals surface area contributed by atoms with Gasteiger partial charge in [0.25, 0.3) is 0 Å². The summed E-state index contributed by atoms with van der Waals surface area (Å²) in [7, 11) is 0. The molecule has 0 spiro atoms. The lowest BCUT2D eigenvalue weighted by Gasteiger charge is -2.26. The summed E-state index contributed by atoms with van der Waals surface area (Å²) in [5, 5.41) is 7.27. The maximum Gasteiger partial charge on any atom is 0.229 e. The van der Waals surface area contributed by atoms with Crippen LogP contribution in [0.25, 0.3) is 0 Å². The zero-order chi connectivity index (χ0) is 13.5. The van der Waals surface area contributed by atoms with Gasteiger partial charge in [-0.05, 0) is 38.1 Å². The molecule has 0 amide bonds. The van der Waals surface area contributed by atoms with E-state index in [-0.39, 0.29) is 0 Å². The maximum absolute atomic E-state index is 5.42. The van der Waals surface area contributed by atoms with Crippen molar-refractivity contribution in [2.24, 2.45) is 5.92 Å². The van der Waals surface area contributed by atoms with Gasteiger partial charge >= 0.3 is 0 Å². The van der Waals surface area contributed by atoms with Crippen LogP contribution in [0.1, 0.15) is 76.4 Å². The van der Waals surface area contributed by atoms with Crippen molar-refractivity contribution in [3.05, 3.63) is 11.7 Å². The van der Waals surface area contributed by atoms with Gasteiger partial charge in [-0.2, -0.15) is 4.98 Å². The van der Waals surface area contributed by atoms with E-state index in [0.29, 0.717) is 12.5 Å². The number of hydrogen-bond acceptors (Lipinski definition) is 4. The van der Waals surface area contributed by atoms with E-state index in [1.54, 1.807) is 0 Å². The van der Waals surface area contributed by atoms with Crippen LogP contribution in [-0.2, 0) is 6.54 Å².